The van der Waals surface area contributed by atoms with E-state index in [1.165, 1.54) is 0 Å². The monoisotopic (exact) mass is 364 g/mol. The summed E-state index contributed by atoms with van der Waals surface area (Å²) in [5.74, 6) is -0.314. The molecule has 0 aliphatic heterocycles. The molecule has 0 aliphatic carbocycles. The number of thioether (sulfide) groups is 1. The molecule has 0 spiro atoms. The van der Waals surface area contributed by atoms with Crippen LogP contribution in [0.5, 0.6) is 0 Å². The summed E-state index contributed by atoms with van der Waals surface area (Å²) in [4.78, 5) is 26.2. The van der Waals surface area contributed by atoms with Crippen molar-refractivity contribution in [2.75, 3.05) is 11.6 Å². The molecule has 1 amide bonds. The lowest BCUT2D eigenvalue weighted by Gasteiger charge is -2.06. The zero-order valence-electron chi connectivity index (χ0n) is 14.3. The van der Waals surface area contributed by atoms with Gasteiger partial charge in [-0.25, -0.2) is 4.79 Å². The molecule has 0 saturated carbocycles. The van der Waals surface area contributed by atoms with Gasteiger partial charge in [0.05, 0.1) is 10.9 Å². The molecule has 5 nitrogen and oxygen atoms in total. The Morgan fingerprint density at radius 3 is 2.58 bits per heavy atom. The van der Waals surface area contributed by atoms with E-state index < -0.39 is 5.63 Å². The van der Waals surface area contributed by atoms with Gasteiger partial charge >= 0.3 is 5.63 Å². The first kappa shape index (κ1) is 16.5. The summed E-state index contributed by atoms with van der Waals surface area (Å²) in [5.41, 5.74) is 2.36. The Morgan fingerprint density at radius 1 is 1.12 bits per heavy atom. The predicted molar refractivity (Wildman–Crippen MR) is 104 cm³/mol. The molecule has 0 aliphatic rings. The molecule has 1 N–H and O–H groups in total. The third-order valence-electron chi connectivity index (χ3n) is 4.29. The second-order valence-corrected chi connectivity index (χ2v) is 6.81. The maximum Gasteiger partial charge on any atom is 0.346 e. The van der Waals surface area contributed by atoms with Crippen molar-refractivity contribution in [3.63, 3.8) is 0 Å². The third-order valence-corrected chi connectivity index (χ3v) is 5.03. The number of rotatable bonds is 3. The number of nitrogens with one attached hydrogen (secondary N) is 1. The number of anilines is 1. The molecule has 4 rings (SSSR count). The fourth-order valence-electron chi connectivity index (χ4n) is 3.04. The minimum Gasteiger partial charge on any atom is -0.404 e. The number of aryl methyl sites for hydroxylation is 1. The van der Waals surface area contributed by atoms with E-state index in [9.17, 15) is 9.59 Å². The number of carbonyl (C=O) groups excluding carboxylic acids is 1. The number of carbonyl (C=O) groups is 1. The lowest BCUT2D eigenvalue weighted by molar-refractivity contribution is 0.102. The van der Waals surface area contributed by atoms with E-state index >= 15 is 0 Å². The number of aromatic nitrogens is 1. The average molecular weight is 364 g/mol. The van der Waals surface area contributed by atoms with Crippen LogP contribution < -0.4 is 10.9 Å². The molecule has 26 heavy (non-hydrogen) atoms. The number of amides is 1. The van der Waals surface area contributed by atoms with Gasteiger partial charge in [0.25, 0.3) is 5.91 Å². The van der Waals surface area contributed by atoms with E-state index in [0.29, 0.717) is 16.6 Å². The Balaban J connectivity index is 1.81. The first-order valence-corrected chi connectivity index (χ1v) is 9.30. The highest BCUT2D eigenvalue weighted by Crippen LogP contribution is 2.23. The Kier molecular flexibility index (Phi) is 4.05. The van der Waals surface area contributed by atoms with Crippen LogP contribution in [0.1, 0.15) is 16.1 Å². The van der Waals surface area contributed by atoms with Crippen molar-refractivity contribution in [1.29, 1.82) is 0 Å². The Morgan fingerprint density at radius 2 is 1.85 bits per heavy atom. The van der Waals surface area contributed by atoms with Crippen LogP contribution in [0.4, 0.5) is 5.69 Å². The number of para-hydroxylation sites is 1. The predicted octanol–water partition coefficient (Wildman–Crippen LogP) is 4.33. The first-order chi connectivity index (χ1) is 12.6. The maximum absolute atomic E-state index is 12.8. The fourth-order valence-corrected chi connectivity index (χ4v) is 3.44. The van der Waals surface area contributed by atoms with E-state index in [4.69, 9.17) is 4.42 Å². The summed E-state index contributed by atoms with van der Waals surface area (Å²) in [6.45, 7) is 1.88. The number of nitrogens with zero attached hydrogens (tertiary/aromatic N) is 1. The Labute approximate surface area is 153 Å². The van der Waals surface area contributed by atoms with E-state index in [2.05, 4.69) is 5.32 Å². The summed E-state index contributed by atoms with van der Waals surface area (Å²) < 4.78 is 7.26. The van der Waals surface area contributed by atoms with E-state index in [1.807, 2.05) is 49.6 Å². The number of benzene rings is 2. The molecule has 4 aromatic rings. The van der Waals surface area contributed by atoms with Crippen LogP contribution in [0.2, 0.25) is 0 Å². The SMILES string of the molecule is CSc1ccc(NC(=O)c2cc(C)n3c2oc(=O)c2ccccc23)cc1. The summed E-state index contributed by atoms with van der Waals surface area (Å²) in [5, 5.41) is 3.34. The van der Waals surface area contributed by atoms with Crippen molar-refractivity contribution >= 4 is 40.0 Å². The molecule has 130 valence electrons. The molecular weight excluding hydrogens is 348 g/mol. The molecule has 0 unspecified atom stereocenters. The van der Waals surface area contributed by atoms with Gasteiger partial charge in [0.15, 0.2) is 0 Å². The van der Waals surface area contributed by atoms with Gasteiger partial charge in [-0.2, -0.15) is 0 Å². The molecule has 0 bridgehead atoms. The zero-order chi connectivity index (χ0) is 18.3. The highest BCUT2D eigenvalue weighted by Gasteiger charge is 2.19. The van der Waals surface area contributed by atoms with Crippen molar-refractivity contribution in [3.8, 4) is 0 Å². The number of fused-ring (bicyclic) bond motifs is 3. The van der Waals surface area contributed by atoms with E-state index in [0.717, 1.165) is 16.1 Å². The first-order valence-electron chi connectivity index (χ1n) is 8.08. The Hall–Kier alpha value is -2.99. The molecule has 2 aromatic carbocycles. The number of hydrogen-bond acceptors (Lipinski definition) is 4. The molecule has 2 aromatic heterocycles. The topological polar surface area (TPSA) is 63.7 Å². The third kappa shape index (κ3) is 2.68. The van der Waals surface area contributed by atoms with Gasteiger partial charge in [-0.1, -0.05) is 12.1 Å². The van der Waals surface area contributed by atoms with Crippen molar-refractivity contribution in [3.05, 3.63) is 76.3 Å². The van der Waals surface area contributed by atoms with Gasteiger partial charge in [0.1, 0.15) is 5.56 Å². The minimum atomic E-state index is -0.454. The van der Waals surface area contributed by atoms with Crippen molar-refractivity contribution < 1.29 is 9.21 Å². The average Bonchev–Trinajstić information content (AvgIpc) is 2.99. The van der Waals surface area contributed by atoms with Crippen LogP contribution in [0, 0.1) is 6.92 Å². The van der Waals surface area contributed by atoms with E-state index in [-0.39, 0.29) is 11.6 Å². The van der Waals surface area contributed by atoms with Gasteiger partial charge in [-0.3, -0.25) is 9.20 Å². The highest BCUT2D eigenvalue weighted by molar-refractivity contribution is 7.98. The second kappa shape index (κ2) is 6.38. The molecule has 2 heterocycles. The van der Waals surface area contributed by atoms with Gasteiger partial charge < -0.3 is 9.73 Å². The largest absolute Gasteiger partial charge is 0.404 e. The minimum absolute atomic E-state index is 0.254. The second-order valence-electron chi connectivity index (χ2n) is 5.93. The lowest BCUT2D eigenvalue weighted by atomic mass is 10.2. The van der Waals surface area contributed by atoms with Crippen molar-refractivity contribution in [2.45, 2.75) is 11.8 Å². The molecular formula is C20H16N2O3S. The van der Waals surface area contributed by atoms with Crippen LogP contribution in [0.15, 0.2) is 68.7 Å². The van der Waals surface area contributed by atoms with Crippen molar-refractivity contribution in [1.82, 2.24) is 4.40 Å². The molecule has 0 atom stereocenters. The molecule has 0 radical (unpaired) electrons. The van der Waals surface area contributed by atoms with Crippen LogP contribution in [-0.2, 0) is 0 Å². The summed E-state index contributed by atoms with van der Waals surface area (Å²) in [6.07, 6.45) is 2.00. The van der Waals surface area contributed by atoms with Crippen LogP contribution >= 0.6 is 11.8 Å². The molecule has 6 heteroatoms. The fraction of sp³-hybridized carbons (Fsp3) is 0.100. The van der Waals surface area contributed by atoms with E-state index in [1.54, 1.807) is 34.4 Å². The summed E-state index contributed by atoms with van der Waals surface area (Å²) >= 11 is 1.63. The quantitative estimate of drug-likeness (QED) is 0.550. The molecule has 0 saturated heterocycles. The van der Waals surface area contributed by atoms with Crippen molar-refractivity contribution in [2.24, 2.45) is 0 Å². The van der Waals surface area contributed by atoms with Crippen LogP contribution in [0.3, 0.4) is 0 Å². The Bertz CT molecular complexity index is 1190. The van der Waals surface area contributed by atoms with Crippen LogP contribution in [0.25, 0.3) is 16.6 Å². The number of hydrogen-bond donors (Lipinski definition) is 1. The smallest absolute Gasteiger partial charge is 0.346 e. The summed E-state index contributed by atoms with van der Waals surface area (Å²) in [6, 6.07) is 16.5. The van der Waals surface area contributed by atoms with Gasteiger partial charge in [0.2, 0.25) is 5.71 Å². The van der Waals surface area contributed by atoms with Gasteiger partial charge in [0, 0.05) is 16.3 Å². The van der Waals surface area contributed by atoms with Gasteiger partial charge in [-0.15, -0.1) is 11.8 Å². The highest BCUT2D eigenvalue weighted by atomic mass is 32.2. The molecule has 0 fully saturated rings. The lowest BCUT2D eigenvalue weighted by Crippen LogP contribution is -2.12. The zero-order valence-corrected chi connectivity index (χ0v) is 15.1. The van der Waals surface area contributed by atoms with Crippen LogP contribution in [-0.4, -0.2) is 16.6 Å². The normalized spacial score (nSPS) is 11.2. The maximum atomic E-state index is 12.8. The standard InChI is InChI=1S/C20H16N2O3S/c1-12-11-16(18(23)21-13-7-9-14(26-2)10-8-13)19-22(12)17-6-4-3-5-15(17)20(24)25-19/h3-11H,1-2H3,(H,21,23). The van der Waals surface area contributed by atoms with Gasteiger partial charge in [-0.05, 0) is 55.6 Å². The summed E-state index contributed by atoms with van der Waals surface area (Å²) in [7, 11) is 0.